The van der Waals surface area contributed by atoms with Gasteiger partial charge in [0.2, 0.25) is 11.7 Å². The minimum absolute atomic E-state index is 0.0325. The van der Waals surface area contributed by atoms with E-state index >= 15 is 0 Å². The van der Waals surface area contributed by atoms with Crippen molar-refractivity contribution in [3.63, 3.8) is 0 Å². The average molecular weight is 358 g/mol. The maximum atomic E-state index is 12.0. The van der Waals surface area contributed by atoms with Gasteiger partial charge in [0.15, 0.2) is 0 Å². The van der Waals surface area contributed by atoms with Crippen molar-refractivity contribution >= 4 is 11.6 Å². The standard InChI is InChI=1S/C20H26N2O4/c23-17-11-19(24)22(12-17)16-4-5-18-14(10-16)13-25-20(26-18)6-8-21(9-7-20)15-2-1-3-15/h4-5,10,15,17,23H,1-3,6-9,11-13H2/t17-/m1/s1. The predicted octanol–water partition coefficient (Wildman–Crippen LogP) is 2.04. The molecule has 3 aliphatic heterocycles. The first-order valence-corrected chi connectivity index (χ1v) is 9.80. The van der Waals surface area contributed by atoms with Gasteiger partial charge in [-0.15, -0.1) is 0 Å². The molecule has 6 heteroatoms. The summed E-state index contributed by atoms with van der Waals surface area (Å²) in [4.78, 5) is 16.2. The molecule has 1 saturated carbocycles. The number of carbonyl (C=O) groups excluding carboxylic acids is 1. The van der Waals surface area contributed by atoms with Crippen LogP contribution in [0.3, 0.4) is 0 Å². The highest BCUT2D eigenvalue weighted by molar-refractivity contribution is 5.96. The van der Waals surface area contributed by atoms with Crippen LogP contribution in [0.1, 0.15) is 44.1 Å². The molecule has 5 rings (SSSR count). The van der Waals surface area contributed by atoms with Crippen LogP contribution < -0.4 is 9.64 Å². The van der Waals surface area contributed by atoms with Gasteiger partial charge in [-0.2, -0.15) is 0 Å². The Morgan fingerprint density at radius 1 is 1.19 bits per heavy atom. The third-order valence-electron chi connectivity index (χ3n) is 6.40. The highest BCUT2D eigenvalue weighted by Gasteiger charge is 2.43. The zero-order chi connectivity index (χ0) is 17.7. The molecule has 1 amide bonds. The van der Waals surface area contributed by atoms with E-state index in [0.29, 0.717) is 13.2 Å². The van der Waals surface area contributed by atoms with Crippen LogP contribution in [0.5, 0.6) is 5.75 Å². The quantitative estimate of drug-likeness (QED) is 0.877. The Morgan fingerprint density at radius 2 is 2.00 bits per heavy atom. The lowest BCUT2D eigenvalue weighted by atomic mass is 9.89. The maximum Gasteiger partial charge on any atom is 0.229 e. The number of β-amino-alcohol motifs (C(OH)–C–C–N with tert-alkyl or cyclic N) is 1. The third-order valence-corrected chi connectivity index (χ3v) is 6.40. The van der Waals surface area contributed by atoms with Crippen LogP contribution in [0.4, 0.5) is 5.69 Å². The number of anilines is 1. The number of aliphatic hydroxyl groups is 1. The van der Waals surface area contributed by atoms with Gasteiger partial charge in [0.25, 0.3) is 0 Å². The Balaban J connectivity index is 1.29. The summed E-state index contributed by atoms with van der Waals surface area (Å²) in [5, 5.41) is 9.70. The first kappa shape index (κ1) is 16.5. The van der Waals surface area contributed by atoms with Crippen LogP contribution >= 0.6 is 0 Å². The Kier molecular flexibility index (Phi) is 3.95. The van der Waals surface area contributed by atoms with E-state index in [1.54, 1.807) is 4.90 Å². The van der Waals surface area contributed by atoms with Gasteiger partial charge in [-0.1, -0.05) is 6.42 Å². The fourth-order valence-electron chi connectivity index (χ4n) is 4.55. The number of rotatable bonds is 2. The average Bonchev–Trinajstić information content (AvgIpc) is 2.93. The number of ether oxygens (including phenoxy) is 2. The topological polar surface area (TPSA) is 62.2 Å². The molecule has 2 saturated heterocycles. The highest BCUT2D eigenvalue weighted by Crippen LogP contribution is 2.40. The molecule has 1 N–H and O–H groups in total. The van der Waals surface area contributed by atoms with E-state index in [9.17, 15) is 9.90 Å². The number of nitrogens with zero attached hydrogens (tertiary/aromatic N) is 2. The fourth-order valence-corrected chi connectivity index (χ4v) is 4.55. The number of hydrogen-bond donors (Lipinski definition) is 1. The molecule has 26 heavy (non-hydrogen) atoms. The number of carbonyl (C=O) groups is 1. The van der Waals surface area contributed by atoms with E-state index < -0.39 is 11.9 Å². The lowest BCUT2D eigenvalue weighted by molar-refractivity contribution is -0.231. The van der Waals surface area contributed by atoms with Crippen molar-refractivity contribution in [1.82, 2.24) is 4.90 Å². The second-order valence-electron chi connectivity index (χ2n) is 8.08. The van der Waals surface area contributed by atoms with Gasteiger partial charge in [0, 0.05) is 43.2 Å². The van der Waals surface area contributed by atoms with Crippen molar-refractivity contribution in [2.75, 3.05) is 24.5 Å². The largest absolute Gasteiger partial charge is 0.462 e. The van der Waals surface area contributed by atoms with Crippen LogP contribution in [-0.2, 0) is 16.1 Å². The predicted molar refractivity (Wildman–Crippen MR) is 96.0 cm³/mol. The van der Waals surface area contributed by atoms with Gasteiger partial charge in [0.05, 0.1) is 25.7 Å². The summed E-state index contributed by atoms with van der Waals surface area (Å²) >= 11 is 0. The maximum absolute atomic E-state index is 12.0. The molecule has 3 fully saturated rings. The first-order chi connectivity index (χ1) is 12.6. The second kappa shape index (κ2) is 6.22. The monoisotopic (exact) mass is 358 g/mol. The highest BCUT2D eigenvalue weighted by atomic mass is 16.7. The molecule has 1 spiro atoms. The van der Waals surface area contributed by atoms with Gasteiger partial charge in [0.1, 0.15) is 5.75 Å². The summed E-state index contributed by atoms with van der Waals surface area (Å²) in [5.74, 6) is 0.341. The van der Waals surface area contributed by atoms with Crippen LogP contribution in [0.25, 0.3) is 0 Å². The van der Waals surface area contributed by atoms with E-state index in [-0.39, 0.29) is 12.3 Å². The molecular weight excluding hydrogens is 332 g/mol. The fraction of sp³-hybridized carbons (Fsp3) is 0.650. The van der Waals surface area contributed by atoms with Crippen molar-refractivity contribution in [1.29, 1.82) is 0 Å². The molecule has 1 atom stereocenters. The number of piperidine rings is 1. The Bertz CT molecular complexity index is 710. The van der Waals surface area contributed by atoms with Crippen LogP contribution in [0.2, 0.25) is 0 Å². The van der Waals surface area contributed by atoms with E-state index in [1.807, 2.05) is 18.2 Å². The zero-order valence-corrected chi connectivity index (χ0v) is 15.0. The summed E-state index contributed by atoms with van der Waals surface area (Å²) < 4.78 is 12.5. The minimum atomic E-state index is -0.574. The van der Waals surface area contributed by atoms with Crippen molar-refractivity contribution in [2.24, 2.45) is 0 Å². The molecule has 6 nitrogen and oxygen atoms in total. The summed E-state index contributed by atoms with van der Waals surface area (Å²) in [6.45, 7) is 2.95. The summed E-state index contributed by atoms with van der Waals surface area (Å²) in [5.41, 5.74) is 1.79. The lowest BCUT2D eigenvalue weighted by Crippen LogP contribution is -2.54. The van der Waals surface area contributed by atoms with E-state index in [0.717, 1.165) is 49.0 Å². The molecule has 140 valence electrons. The first-order valence-electron chi connectivity index (χ1n) is 9.80. The lowest BCUT2D eigenvalue weighted by Gasteiger charge is -2.47. The summed E-state index contributed by atoms with van der Waals surface area (Å²) in [7, 11) is 0. The third kappa shape index (κ3) is 2.80. The Morgan fingerprint density at radius 3 is 2.65 bits per heavy atom. The molecule has 3 heterocycles. The van der Waals surface area contributed by atoms with Gasteiger partial charge in [-0.3, -0.25) is 9.69 Å². The molecule has 0 radical (unpaired) electrons. The van der Waals surface area contributed by atoms with E-state index in [2.05, 4.69) is 4.90 Å². The van der Waals surface area contributed by atoms with E-state index in [4.69, 9.17) is 9.47 Å². The van der Waals surface area contributed by atoms with Gasteiger partial charge in [-0.05, 0) is 31.0 Å². The number of likely N-dealkylation sites (tertiary alicyclic amines) is 1. The molecular formula is C20H26N2O4. The molecule has 0 aromatic heterocycles. The van der Waals surface area contributed by atoms with Crippen molar-refractivity contribution in [2.45, 2.75) is 63.1 Å². The molecule has 4 aliphatic rings. The molecule has 0 bridgehead atoms. The molecule has 1 aliphatic carbocycles. The van der Waals surface area contributed by atoms with Gasteiger partial charge < -0.3 is 19.5 Å². The SMILES string of the molecule is O=C1C[C@@H](O)CN1c1ccc2c(c1)COC1(CCN(C3CCC3)CC1)O2. The Labute approximate surface area is 153 Å². The minimum Gasteiger partial charge on any atom is -0.462 e. The smallest absolute Gasteiger partial charge is 0.229 e. The normalized spacial score (nSPS) is 28.7. The molecule has 1 aromatic rings. The number of benzene rings is 1. The number of fused-ring (bicyclic) bond motifs is 1. The summed E-state index contributed by atoms with van der Waals surface area (Å²) in [6.07, 6.45) is 5.48. The van der Waals surface area contributed by atoms with Crippen LogP contribution in [-0.4, -0.2) is 53.5 Å². The van der Waals surface area contributed by atoms with Crippen molar-refractivity contribution < 1.29 is 19.4 Å². The van der Waals surface area contributed by atoms with Gasteiger partial charge >= 0.3 is 0 Å². The number of aliphatic hydroxyl groups excluding tert-OH is 1. The van der Waals surface area contributed by atoms with Gasteiger partial charge in [-0.25, -0.2) is 0 Å². The number of amides is 1. The zero-order valence-electron chi connectivity index (χ0n) is 15.0. The second-order valence-corrected chi connectivity index (χ2v) is 8.08. The summed E-state index contributed by atoms with van der Waals surface area (Å²) in [6, 6.07) is 6.60. The van der Waals surface area contributed by atoms with Crippen LogP contribution in [0.15, 0.2) is 18.2 Å². The van der Waals surface area contributed by atoms with Crippen molar-refractivity contribution in [3.05, 3.63) is 23.8 Å². The van der Waals surface area contributed by atoms with Crippen molar-refractivity contribution in [3.8, 4) is 5.75 Å². The molecule has 0 unspecified atom stereocenters. The van der Waals surface area contributed by atoms with Crippen LogP contribution in [0, 0.1) is 0 Å². The van der Waals surface area contributed by atoms with E-state index in [1.165, 1.54) is 19.3 Å². The number of hydrogen-bond acceptors (Lipinski definition) is 5. The Hall–Kier alpha value is -1.63. The molecule has 1 aromatic carbocycles.